The average Bonchev–Trinajstić information content (AvgIpc) is 3.29. The lowest BCUT2D eigenvalue weighted by atomic mass is 9.98. The number of rotatable bonds is 7. The van der Waals surface area contributed by atoms with E-state index in [9.17, 15) is 35.9 Å². The van der Waals surface area contributed by atoms with Crippen molar-refractivity contribution in [2.45, 2.75) is 38.7 Å². The number of nitrogens with zero attached hydrogens (tertiary/aromatic N) is 2. The zero-order valence-electron chi connectivity index (χ0n) is 19.7. The van der Waals surface area contributed by atoms with Crippen molar-refractivity contribution >= 4 is 50.0 Å². The Kier molecular flexibility index (Phi) is 9.02. The van der Waals surface area contributed by atoms with Gasteiger partial charge < -0.3 is 10.6 Å². The molecule has 1 heterocycles. The first kappa shape index (κ1) is 29.4. The highest BCUT2D eigenvalue weighted by Gasteiger charge is 2.37. The van der Waals surface area contributed by atoms with Crippen LogP contribution in [0.4, 0.5) is 42.0 Å². The number of carbonyl (C=O) groups excluding carboxylic acids is 2. The van der Waals surface area contributed by atoms with Crippen LogP contribution in [0, 0.1) is 5.92 Å². The van der Waals surface area contributed by atoms with Crippen LogP contribution in [-0.2, 0) is 17.1 Å². The minimum atomic E-state index is -5.08. The summed E-state index contributed by atoms with van der Waals surface area (Å²) in [5, 5.41) is 15.4. The largest absolute Gasteiger partial charge is 0.416 e. The molecule has 38 heavy (non-hydrogen) atoms. The third-order valence-corrected chi connectivity index (χ3v) is 6.74. The second-order valence-corrected chi connectivity index (χ2v) is 10.1. The van der Waals surface area contributed by atoms with Crippen LogP contribution in [-0.4, -0.2) is 28.2 Å². The van der Waals surface area contributed by atoms with Crippen molar-refractivity contribution < 1.29 is 35.9 Å². The predicted molar refractivity (Wildman–Crippen MR) is 134 cm³/mol. The number of benzene rings is 2. The zero-order chi connectivity index (χ0) is 28.3. The van der Waals surface area contributed by atoms with E-state index < -0.39 is 53.1 Å². The van der Waals surface area contributed by atoms with Gasteiger partial charge in [-0.1, -0.05) is 59.7 Å². The maximum atomic E-state index is 13.1. The van der Waals surface area contributed by atoms with E-state index in [2.05, 4.69) is 36.8 Å². The number of amides is 3. The standard InChI is InChI=1S/C23H20BrF6N5O2S/c1-3-11(2)17(18(36)33-21-35-34-19(38-21)12-5-4-6-15(24)7-12)32-20(37)31-16-9-13(22(25,26)27)8-14(10-16)23(28,29)30/h4-11,17H,3H2,1-2H3,(H2,31,32,37)(H,33,35,36)/t11-,17+/m1/s1. The van der Waals surface area contributed by atoms with Crippen LogP contribution in [0.25, 0.3) is 10.6 Å². The van der Waals surface area contributed by atoms with Gasteiger partial charge in [0.2, 0.25) is 11.0 Å². The minimum Gasteiger partial charge on any atom is -0.326 e. The summed E-state index contributed by atoms with van der Waals surface area (Å²) in [6.45, 7) is 3.38. The van der Waals surface area contributed by atoms with Gasteiger partial charge in [-0.05, 0) is 36.2 Å². The maximum Gasteiger partial charge on any atom is 0.416 e. The van der Waals surface area contributed by atoms with E-state index in [1.807, 2.05) is 11.4 Å². The molecule has 7 nitrogen and oxygen atoms in total. The Hall–Kier alpha value is -3.20. The fourth-order valence-electron chi connectivity index (χ4n) is 3.23. The number of hydrogen-bond acceptors (Lipinski definition) is 5. The molecule has 0 radical (unpaired) electrons. The summed E-state index contributed by atoms with van der Waals surface area (Å²) in [4.78, 5) is 25.5. The molecule has 0 unspecified atom stereocenters. The van der Waals surface area contributed by atoms with Crippen LogP contribution >= 0.6 is 27.3 Å². The molecule has 3 N–H and O–H groups in total. The quantitative estimate of drug-likeness (QED) is 0.243. The van der Waals surface area contributed by atoms with E-state index in [1.54, 1.807) is 32.0 Å². The van der Waals surface area contributed by atoms with Gasteiger partial charge in [0, 0.05) is 15.7 Å². The topological polar surface area (TPSA) is 96.0 Å². The molecule has 2 aromatic carbocycles. The van der Waals surface area contributed by atoms with E-state index in [4.69, 9.17) is 0 Å². The van der Waals surface area contributed by atoms with Crippen LogP contribution in [0.1, 0.15) is 31.4 Å². The molecule has 2 atom stereocenters. The monoisotopic (exact) mass is 623 g/mol. The summed E-state index contributed by atoms with van der Waals surface area (Å²) in [6, 6.07) is 5.56. The van der Waals surface area contributed by atoms with Crippen molar-refractivity contribution in [3.05, 3.63) is 58.1 Å². The molecular weight excluding hydrogens is 604 g/mol. The number of urea groups is 1. The van der Waals surface area contributed by atoms with Crippen LogP contribution in [0.3, 0.4) is 0 Å². The lowest BCUT2D eigenvalue weighted by Crippen LogP contribution is -2.49. The summed E-state index contributed by atoms with van der Waals surface area (Å²) in [6.07, 6.45) is -9.74. The molecule has 0 saturated heterocycles. The Morgan fingerprint density at radius 3 is 2.16 bits per heavy atom. The average molecular weight is 624 g/mol. The van der Waals surface area contributed by atoms with Crippen LogP contribution in [0.2, 0.25) is 0 Å². The number of halogens is 7. The van der Waals surface area contributed by atoms with Gasteiger partial charge in [0.1, 0.15) is 11.0 Å². The number of anilines is 2. The third kappa shape index (κ3) is 7.66. The van der Waals surface area contributed by atoms with E-state index in [-0.39, 0.29) is 11.2 Å². The van der Waals surface area contributed by atoms with Crippen molar-refractivity contribution in [3.8, 4) is 10.6 Å². The molecule has 0 aliphatic heterocycles. The van der Waals surface area contributed by atoms with Gasteiger partial charge in [-0.15, -0.1) is 10.2 Å². The molecule has 3 amide bonds. The van der Waals surface area contributed by atoms with Crippen molar-refractivity contribution in [3.63, 3.8) is 0 Å². The van der Waals surface area contributed by atoms with Gasteiger partial charge in [-0.3, -0.25) is 10.1 Å². The Bertz CT molecular complexity index is 1280. The first-order chi connectivity index (χ1) is 17.7. The third-order valence-electron chi connectivity index (χ3n) is 5.35. The molecule has 0 saturated carbocycles. The molecule has 3 aromatic rings. The molecule has 204 valence electrons. The van der Waals surface area contributed by atoms with Crippen molar-refractivity contribution in [1.29, 1.82) is 0 Å². The first-order valence-corrected chi connectivity index (χ1v) is 12.6. The van der Waals surface area contributed by atoms with E-state index >= 15 is 0 Å². The first-order valence-electron chi connectivity index (χ1n) is 10.9. The van der Waals surface area contributed by atoms with Crippen LogP contribution in [0.5, 0.6) is 0 Å². The Morgan fingerprint density at radius 2 is 1.61 bits per heavy atom. The summed E-state index contributed by atoms with van der Waals surface area (Å²) < 4.78 is 79.5. The molecule has 0 aliphatic carbocycles. The van der Waals surface area contributed by atoms with Gasteiger partial charge in [0.05, 0.1) is 11.1 Å². The molecular formula is C23H20BrF6N5O2S. The number of aromatic nitrogens is 2. The number of nitrogens with one attached hydrogen (secondary N) is 3. The number of hydrogen-bond donors (Lipinski definition) is 3. The van der Waals surface area contributed by atoms with Gasteiger partial charge in [0.15, 0.2) is 0 Å². The minimum absolute atomic E-state index is 0.0526. The molecule has 0 spiro atoms. The van der Waals surface area contributed by atoms with E-state index in [1.165, 1.54) is 0 Å². The lowest BCUT2D eigenvalue weighted by Gasteiger charge is -2.23. The van der Waals surface area contributed by atoms with E-state index in [0.29, 0.717) is 23.6 Å². The zero-order valence-corrected chi connectivity index (χ0v) is 22.1. The van der Waals surface area contributed by atoms with Crippen molar-refractivity contribution in [2.75, 3.05) is 10.6 Å². The molecule has 0 fully saturated rings. The number of alkyl halides is 6. The highest BCUT2D eigenvalue weighted by molar-refractivity contribution is 9.10. The highest BCUT2D eigenvalue weighted by atomic mass is 79.9. The molecule has 15 heteroatoms. The fraction of sp³-hybridized carbons (Fsp3) is 0.304. The second kappa shape index (κ2) is 11.7. The van der Waals surface area contributed by atoms with Crippen LogP contribution < -0.4 is 16.0 Å². The molecule has 0 bridgehead atoms. The van der Waals surface area contributed by atoms with Gasteiger partial charge in [-0.2, -0.15) is 26.3 Å². The smallest absolute Gasteiger partial charge is 0.326 e. The van der Waals surface area contributed by atoms with Gasteiger partial charge in [0.25, 0.3) is 0 Å². The SMILES string of the molecule is CC[C@@H](C)[C@H](NC(=O)Nc1cc(C(F)(F)F)cc(C(F)(F)F)c1)C(=O)Nc1nnc(-c2cccc(Br)c2)s1. The summed E-state index contributed by atoms with van der Waals surface area (Å²) in [7, 11) is 0. The molecule has 0 aliphatic rings. The molecule has 1 aromatic heterocycles. The summed E-state index contributed by atoms with van der Waals surface area (Å²) >= 11 is 4.42. The van der Waals surface area contributed by atoms with E-state index in [0.717, 1.165) is 21.4 Å². The van der Waals surface area contributed by atoms with Crippen LogP contribution in [0.15, 0.2) is 46.9 Å². The predicted octanol–water partition coefficient (Wildman–Crippen LogP) is 7.18. The summed E-state index contributed by atoms with van der Waals surface area (Å²) in [5.41, 5.74) is -3.17. The fourth-order valence-corrected chi connectivity index (χ4v) is 4.37. The highest BCUT2D eigenvalue weighted by Crippen LogP contribution is 2.37. The number of carbonyl (C=O) groups is 2. The lowest BCUT2D eigenvalue weighted by molar-refractivity contribution is -0.143. The Morgan fingerprint density at radius 1 is 0.974 bits per heavy atom. The van der Waals surface area contributed by atoms with Crippen molar-refractivity contribution in [1.82, 2.24) is 15.5 Å². The summed E-state index contributed by atoms with van der Waals surface area (Å²) in [5.74, 6) is -1.14. The second-order valence-electron chi connectivity index (χ2n) is 8.17. The Labute approximate surface area is 225 Å². The van der Waals surface area contributed by atoms with Gasteiger partial charge in [-0.25, -0.2) is 4.79 Å². The Balaban J connectivity index is 1.76. The normalized spacial score (nSPS) is 13.5. The molecule has 3 rings (SSSR count). The van der Waals surface area contributed by atoms with Crippen molar-refractivity contribution in [2.24, 2.45) is 5.92 Å². The maximum absolute atomic E-state index is 13.1. The van der Waals surface area contributed by atoms with Gasteiger partial charge >= 0.3 is 18.4 Å².